The Labute approximate surface area is 143 Å². The maximum Gasteiger partial charge on any atom is 0.223 e. The summed E-state index contributed by atoms with van der Waals surface area (Å²) in [7, 11) is 0. The van der Waals surface area contributed by atoms with Gasteiger partial charge in [-0.25, -0.2) is 0 Å². The van der Waals surface area contributed by atoms with Gasteiger partial charge in [-0.3, -0.25) is 4.79 Å². The molecule has 4 rings (SSSR count). The molecule has 0 radical (unpaired) electrons. The number of hydrogen-bond acceptors (Lipinski definition) is 2. The molecule has 24 heavy (non-hydrogen) atoms. The van der Waals surface area contributed by atoms with Crippen LogP contribution in [0.15, 0.2) is 30.5 Å². The summed E-state index contributed by atoms with van der Waals surface area (Å²) in [5.74, 6) is 1.06. The third-order valence-corrected chi connectivity index (χ3v) is 5.70. The fourth-order valence-corrected chi connectivity index (χ4v) is 4.29. The van der Waals surface area contributed by atoms with Gasteiger partial charge in [0.25, 0.3) is 0 Å². The minimum atomic E-state index is 0.232. The lowest BCUT2D eigenvalue weighted by molar-refractivity contribution is -0.130. The first-order chi connectivity index (χ1) is 11.7. The number of nitrogens with zero attached hydrogens (tertiary/aromatic N) is 1. The summed E-state index contributed by atoms with van der Waals surface area (Å²) in [6, 6.07) is 8.31. The van der Waals surface area contributed by atoms with Crippen LogP contribution < -0.4 is 0 Å². The molecule has 4 nitrogen and oxygen atoms in total. The van der Waals surface area contributed by atoms with Crippen LogP contribution in [0.3, 0.4) is 0 Å². The summed E-state index contributed by atoms with van der Waals surface area (Å²) in [5.41, 5.74) is 2.39. The average Bonchev–Trinajstić information content (AvgIpc) is 3.33. The lowest BCUT2D eigenvalue weighted by atomic mass is 9.96. The normalized spacial score (nSPS) is 25.5. The van der Waals surface area contributed by atoms with Gasteiger partial charge in [0.1, 0.15) is 0 Å². The van der Waals surface area contributed by atoms with Crippen molar-refractivity contribution in [2.75, 3.05) is 19.7 Å². The van der Waals surface area contributed by atoms with Crippen molar-refractivity contribution < 1.29 is 9.53 Å². The Hall–Kier alpha value is -1.81. The fourth-order valence-electron chi connectivity index (χ4n) is 4.29. The number of ether oxygens (including phenoxy) is 1. The Balaban J connectivity index is 1.39. The smallest absolute Gasteiger partial charge is 0.223 e. The Morgan fingerprint density at radius 2 is 2.25 bits per heavy atom. The third-order valence-electron chi connectivity index (χ3n) is 5.70. The lowest BCUT2D eigenvalue weighted by Gasteiger charge is -2.21. The molecule has 4 heteroatoms. The monoisotopic (exact) mass is 326 g/mol. The second-order valence-corrected chi connectivity index (χ2v) is 7.33. The Morgan fingerprint density at radius 1 is 1.38 bits per heavy atom. The van der Waals surface area contributed by atoms with Crippen molar-refractivity contribution in [3.05, 3.63) is 36.0 Å². The zero-order chi connectivity index (χ0) is 16.5. The number of nitrogens with one attached hydrogen (secondary N) is 1. The van der Waals surface area contributed by atoms with Crippen molar-refractivity contribution in [3.63, 3.8) is 0 Å². The van der Waals surface area contributed by atoms with Crippen LogP contribution in [-0.2, 0) is 9.53 Å². The van der Waals surface area contributed by atoms with Crippen molar-refractivity contribution in [3.8, 4) is 0 Å². The predicted octanol–water partition coefficient (Wildman–Crippen LogP) is 3.69. The summed E-state index contributed by atoms with van der Waals surface area (Å²) >= 11 is 0. The van der Waals surface area contributed by atoms with Crippen molar-refractivity contribution in [1.29, 1.82) is 0 Å². The number of aromatic nitrogens is 1. The standard InChI is InChI=1S/C20H26N2O2/c1-14(17-12-21-18-6-3-2-5-16(17)18)11-20(23)22-9-8-15(13-22)19-7-4-10-24-19/h2-3,5-6,12,14-15,19,21H,4,7-11,13H2,1H3. The van der Waals surface area contributed by atoms with Crippen LogP contribution in [0.4, 0.5) is 0 Å². The zero-order valence-corrected chi connectivity index (χ0v) is 14.3. The quantitative estimate of drug-likeness (QED) is 0.931. The number of fused-ring (bicyclic) bond motifs is 1. The van der Waals surface area contributed by atoms with Gasteiger partial charge in [-0.2, -0.15) is 0 Å². The predicted molar refractivity (Wildman–Crippen MR) is 95.0 cm³/mol. The van der Waals surface area contributed by atoms with Crippen LogP contribution >= 0.6 is 0 Å². The van der Waals surface area contributed by atoms with Crippen molar-refractivity contribution in [2.45, 2.75) is 44.6 Å². The van der Waals surface area contributed by atoms with Gasteiger partial charge in [0.15, 0.2) is 0 Å². The molecule has 3 atom stereocenters. The summed E-state index contributed by atoms with van der Waals surface area (Å²) in [4.78, 5) is 18.1. The van der Waals surface area contributed by atoms with Crippen LogP contribution in [0.1, 0.15) is 44.1 Å². The third kappa shape index (κ3) is 2.95. The van der Waals surface area contributed by atoms with E-state index in [4.69, 9.17) is 4.74 Å². The maximum atomic E-state index is 12.7. The average molecular weight is 326 g/mol. The lowest BCUT2D eigenvalue weighted by Crippen LogP contribution is -2.31. The molecule has 128 valence electrons. The molecule has 2 aliphatic rings. The van der Waals surface area contributed by atoms with Crippen molar-refractivity contribution in [1.82, 2.24) is 9.88 Å². The van der Waals surface area contributed by atoms with Gasteiger partial charge in [-0.15, -0.1) is 0 Å². The fraction of sp³-hybridized carbons (Fsp3) is 0.550. The molecule has 1 aromatic heterocycles. The Kier molecular flexibility index (Phi) is 4.31. The molecule has 2 aromatic rings. The number of amides is 1. The van der Waals surface area contributed by atoms with Crippen LogP contribution in [0.25, 0.3) is 10.9 Å². The van der Waals surface area contributed by atoms with Gasteiger partial charge in [0.05, 0.1) is 6.10 Å². The molecule has 1 amide bonds. The number of hydrogen-bond donors (Lipinski definition) is 1. The minimum Gasteiger partial charge on any atom is -0.378 e. The van der Waals surface area contributed by atoms with Gasteiger partial charge in [0, 0.05) is 49.1 Å². The SMILES string of the molecule is CC(CC(=O)N1CCC(C2CCCO2)C1)c1c[nH]c2ccccc12. The molecular weight excluding hydrogens is 300 g/mol. The van der Waals surface area contributed by atoms with Crippen LogP contribution in [0, 0.1) is 5.92 Å². The zero-order valence-electron chi connectivity index (χ0n) is 14.3. The minimum absolute atomic E-state index is 0.232. The summed E-state index contributed by atoms with van der Waals surface area (Å²) < 4.78 is 5.81. The van der Waals surface area contributed by atoms with Crippen molar-refractivity contribution >= 4 is 16.8 Å². The summed E-state index contributed by atoms with van der Waals surface area (Å²) in [5, 5.41) is 1.23. The number of aromatic amines is 1. The Bertz CT molecular complexity index is 717. The number of likely N-dealkylation sites (tertiary alicyclic amines) is 1. The largest absolute Gasteiger partial charge is 0.378 e. The van der Waals surface area contributed by atoms with Gasteiger partial charge in [0.2, 0.25) is 5.91 Å². The second kappa shape index (κ2) is 6.60. The molecule has 1 aromatic carbocycles. The van der Waals surface area contributed by atoms with E-state index in [1.54, 1.807) is 0 Å². The number of para-hydroxylation sites is 1. The number of H-pyrrole nitrogens is 1. The number of carbonyl (C=O) groups is 1. The molecule has 3 unspecified atom stereocenters. The van der Waals surface area contributed by atoms with E-state index in [1.165, 1.54) is 23.8 Å². The summed E-state index contributed by atoms with van der Waals surface area (Å²) in [6.45, 7) is 4.82. The molecule has 0 bridgehead atoms. The first-order valence-electron chi connectivity index (χ1n) is 9.18. The van der Waals surface area contributed by atoms with E-state index in [9.17, 15) is 4.79 Å². The van der Waals surface area contributed by atoms with E-state index in [0.717, 1.165) is 31.6 Å². The molecule has 2 aliphatic heterocycles. The highest BCUT2D eigenvalue weighted by molar-refractivity contribution is 5.85. The molecular formula is C20H26N2O2. The van der Waals surface area contributed by atoms with Crippen molar-refractivity contribution in [2.24, 2.45) is 5.92 Å². The topological polar surface area (TPSA) is 45.3 Å². The van der Waals surface area contributed by atoms with Crippen LogP contribution in [0.2, 0.25) is 0 Å². The van der Waals surface area contributed by atoms with E-state index >= 15 is 0 Å². The molecule has 2 saturated heterocycles. The molecule has 0 saturated carbocycles. The highest BCUT2D eigenvalue weighted by atomic mass is 16.5. The Morgan fingerprint density at radius 3 is 3.08 bits per heavy atom. The highest BCUT2D eigenvalue weighted by Crippen LogP contribution is 2.31. The van der Waals surface area contributed by atoms with E-state index in [1.807, 2.05) is 6.07 Å². The number of benzene rings is 1. The van der Waals surface area contributed by atoms with Gasteiger partial charge >= 0.3 is 0 Å². The van der Waals surface area contributed by atoms with Crippen LogP contribution in [0.5, 0.6) is 0 Å². The van der Waals surface area contributed by atoms with Gasteiger partial charge in [-0.05, 0) is 36.8 Å². The maximum absolute atomic E-state index is 12.7. The molecule has 0 aliphatic carbocycles. The number of rotatable bonds is 4. The highest BCUT2D eigenvalue weighted by Gasteiger charge is 2.34. The van der Waals surface area contributed by atoms with Crippen LogP contribution in [-0.4, -0.2) is 41.6 Å². The van der Waals surface area contributed by atoms with E-state index in [-0.39, 0.29) is 11.8 Å². The molecule has 3 heterocycles. The molecule has 2 fully saturated rings. The molecule has 0 spiro atoms. The molecule has 1 N–H and O–H groups in total. The summed E-state index contributed by atoms with van der Waals surface area (Å²) in [6.07, 6.45) is 6.46. The number of carbonyl (C=O) groups excluding carboxylic acids is 1. The van der Waals surface area contributed by atoms with E-state index in [0.29, 0.717) is 18.4 Å². The van der Waals surface area contributed by atoms with E-state index < -0.39 is 0 Å². The second-order valence-electron chi connectivity index (χ2n) is 7.33. The first-order valence-corrected chi connectivity index (χ1v) is 9.18. The van der Waals surface area contributed by atoms with E-state index in [2.05, 4.69) is 41.2 Å². The van der Waals surface area contributed by atoms with Gasteiger partial charge in [-0.1, -0.05) is 25.1 Å². The first kappa shape index (κ1) is 15.7. The van der Waals surface area contributed by atoms with Gasteiger partial charge < -0.3 is 14.6 Å².